The second-order valence-electron chi connectivity index (χ2n) is 4.01. The van der Waals surface area contributed by atoms with Crippen molar-refractivity contribution in [3.63, 3.8) is 0 Å². The summed E-state index contributed by atoms with van der Waals surface area (Å²) in [5.74, 6) is -1.93. The second kappa shape index (κ2) is 7.87. The van der Waals surface area contributed by atoms with Gasteiger partial charge in [-0.2, -0.15) is 0 Å². The van der Waals surface area contributed by atoms with Gasteiger partial charge in [0.15, 0.2) is 0 Å². The molecule has 1 unspecified atom stereocenters. The Morgan fingerprint density at radius 2 is 1.84 bits per heavy atom. The highest BCUT2D eigenvalue weighted by Crippen LogP contribution is 1.89. The molecule has 0 radical (unpaired) electrons. The number of rotatable bonds is 8. The lowest BCUT2D eigenvalue weighted by Crippen LogP contribution is -2.45. The minimum absolute atomic E-state index is 0.210. The Morgan fingerprint density at radius 3 is 2.32 bits per heavy atom. The topological polar surface area (TPSA) is 141 Å². The van der Waals surface area contributed by atoms with E-state index in [0.717, 1.165) is 0 Å². The van der Waals surface area contributed by atoms with E-state index in [2.05, 4.69) is 17.2 Å². The molecule has 0 aliphatic rings. The van der Waals surface area contributed by atoms with E-state index in [1.165, 1.54) is 0 Å². The molecule has 2 amide bonds. The lowest BCUT2D eigenvalue weighted by atomic mass is 10.3. The summed E-state index contributed by atoms with van der Waals surface area (Å²) in [6.07, 6.45) is 0.446. The molecule has 4 N–H and O–H groups in total. The zero-order valence-electron chi connectivity index (χ0n) is 10.6. The maximum absolute atomic E-state index is 11.3. The van der Waals surface area contributed by atoms with Crippen molar-refractivity contribution in [2.45, 2.75) is 19.4 Å². The SMILES string of the molecule is C=C(C)C(=O)NCCCNC(=O)C(N)CS(=O)(=O)[O-]. The second-order valence-corrected chi connectivity index (χ2v) is 5.46. The summed E-state index contributed by atoms with van der Waals surface area (Å²) in [6, 6.07) is -1.38. The molecule has 0 aliphatic carbocycles. The van der Waals surface area contributed by atoms with Crippen LogP contribution in [-0.4, -0.2) is 49.7 Å². The van der Waals surface area contributed by atoms with Crippen molar-refractivity contribution in [3.8, 4) is 0 Å². The number of carbonyl (C=O) groups excluding carboxylic acids is 2. The highest BCUT2D eigenvalue weighted by atomic mass is 32.2. The number of nitrogens with two attached hydrogens (primary N) is 1. The van der Waals surface area contributed by atoms with Gasteiger partial charge < -0.3 is 20.9 Å². The van der Waals surface area contributed by atoms with Crippen molar-refractivity contribution < 1.29 is 22.6 Å². The van der Waals surface area contributed by atoms with Crippen molar-refractivity contribution in [1.82, 2.24) is 10.6 Å². The summed E-state index contributed by atoms with van der Waals surface area (Å²) >= 11 is 0. The van der Waals surface area contributed by atoms with Crippen LogP contribution in [0.5, 0.6) is 0 Å². The molecule has 9 heteroatoms. The summed E-state index contributed by atoms with van der Waals surface area (Å²) in [6.45, 7) is 5.57. The van der Waals surface area contributed by atoms with Crippen molar-refractivity contribution >= 4 is 21.9 Å². The predicted molar refractivity (Wildman–Crippen MR) is 68.0 cm³/mol. The summed E-state index contributed by atoms with van der Waals surface area (Å²) in [7, 11) is -4.53. The average molecular weight is 292 g/mol. The van der Waals surface area contributed by atoms with Crippen molar-refractivity contribution in [2.75, 3.05) is 18.8 Å². The van der Waals surface area contributed by atoms with Crippen LogP contribution in [-0.2, 0) is 19.7 Å². The normalized spacial score (nSPS) is 12.6. The van der Waals surface area contributed by atoms with Crippen molar-refractivity contribution in [1.29, 1.82) is 0 Å². The molecule has 0 bridgehead atoms. The molecule has 0 aromatic carbocycles. The highest BCUT2D eigenvalue weighted by molar-refractivity contribution is 7.85. The van der Waals surface area contributed by atoms with Crippen molar-refractivity contribution in [3.05, 3.63) is 12.2 Å². The van der Waals surface area contributed by atoms with Gasteiger partial charge in [0, 0.05) is 18.7 Å². The lowest BCUT2D eigenvalue weighted by Gasteiger charge is -2.14. The van der Waals surface area contributed by atoms with Crippen LogP contribution in [0.15, 0.2) is 12.2 Å². The zero-order valence-corrected chi connectivity index (χ0v) is 11.5. The number of carbonyl (C=O) groups is 2. The largest absolute Gasteiger partial charge is 0.748 e. The van der Waals surface area contributed by atoms with Crippen LogP contribution in [0.25, 0.3) is 0 Å². The third-order valence-corrected chi connectivity index (χ3v) is 2.81. The van der Waals surface area contributed by atoms with Gasteiger partial charge in [0.2, 0.25) is 11.8 Å². The van der Waals surface area contributed by atoms with Gasteiger partial charge in [-0.15, -0.1) is 0 Å². The molecule has 0 rings (SSSR count). The van der Waals surface area contributed by atoms with Crippen LogP contribution >= 0.6 is 0 Å². The molecule has 19 heavy (non-hydrogen) atoms. The molecule has 0 fully saturated rings. The van der Waals surface area contributed by atoms with Crippen LogP contribution in [0.2, 0.25) is 0 Å². The van der Waals surface area contributed by atoms with E-state index < -0.39 is 27.8 Å². The quantitative estimate of drug-likeness (QED) is 0.270. The molecular formula is C10H18N3O5S-. The Hall–Kier alpha value is -1.45. The molecule has 0 heterocycles. The smallest absolute Gasteiger partial charge is 0.246 e. The van der Waals surface area contributed by atoms with Gasteiger partial charge in [-0.3, -0.25) is 9.59 Å². The van der Waals surface area contributed by atoms with Crippen LogP contribution < -0.4 is 16.4 Å². The Kier molecular flexibility index (Phi) is 7.27. The van der Waals surface area contributed by atoms with Gasteiger partial charge in [-0.1, -0.05) is 6.58 Å². The molecule has 0 aromatic rings. The molecule has 0 saturated carbocycles. The van der Waals surface area contributed by atoms with Crippen LogP contribution in [0.4, 0.5) is 0 Å². The van der Waals surface area contributed by atoms with E-state index >= 15 is 0 Å². The van der Waals surface area contributed by atoms with Crippen LogP contribution in [0, 0.1) is 0 Å². The molecule has 0 saturated heterocycles. The van der Waals surface area contributed by atoms with Gasteiger partial charge in [-0.25, -0.2) is 8.42 Å². The van der Waals surface area contributed by atoms with E-state index in [4.69, 9.17) is 5.73 Å². The molecule has 0 spiro atoms. The maximum Gasteiger partial charge on any atom is 0.246 e. The number of amides is 2. The third kappa shape index (κ3) is 9.17. The fraction of sp³-hybridized carbons (Fsp3) is 0.600. The number of hydrogen-bond donors (Lipinski definition) is 3. The Labute approximate surface area is 112 Å². The summed E-state index contributed by atoms with van der Waals surface area (Å²) < 4.78 is 31.2. The average Bonchev–Trinajstić information content (AvgIpc) is 2.25. The van der Waals surface area contributed by atoms with Gasteiger partial charge >= 0.3 is 0 Å². The van der Waals surface area contributed by atoms with E-state index in [1.807, 2.05) is 0 Å². The molecule has 110 valence electrons. The third-order valence-electron chi connectivity index (χ3n) is 2.05. The van der Waals surface area contributed by atoms with Crippen LogP contribution in [0.1, 0.15) is 13.3 Å². The fourth-order valence-corrected chi connectivity index (χ4v) is 1.67. The summed E-state index contributed by atoms with van der Waals surface area (Å²) in [4.78, 5) is 22.4. The number of hydrogen-bond acceptors (Lipinski definition) is 6. The van der Waals surface area contributed by atoms with Gasteiger partial charge in [0.1, 0.15) is 0 Å². The molecule has 1 atom stereocenters. The van der Waals surface area contributed by atoms with Gasteiger partial charge in [0.25, 0.3) is 0 Å². The minimum atomic E-state index is -4.53. The monoisotopic (exact) mass is 292 g/mol. The Balaban J connectivity index is 3.81. The first-order chi connectivity index (χ1) is 8.63. The molecule has 8 nitrogen and oxygen atoms in total. The Bertz CT molecular complexity index is 446. The zero-order chi connectivity index (χ0) is 15.1. The van der Waals surface area contributed by atoms with E-state index in [1.54, 1.807) is 6.92 Å². The van der Waals surface area contributed by atoms with Gasteiger partial charge in [0.05, 0.1) is 21.9 Å². The van der Waals surface area contributed by atoms with Gasteiger partial charge in [-0.05, 0) is 13.3 Å². The van der Waals surface area contributed by atoms with E-state index in [9.17, 15) is 22.6 Å². The number of nitrogens with one attached hydrogen (secondary N) is 2. The first-order valence-corrected chi connectivity index (χ1v) is 7.12. The molecule has 0 aliphatic heterocycles. The lowest BCUT2D eigenvalue weighted by molar-refractivity contribution is -0.121. The van der Waals surface area contributed by atoms with Crippen molar-refractivity contribution in [2.24, 2.45) is 5.73 Å². The van der Waals surface area contributed by atoms with E-state index in [0.29, 0.717) is 18.5 Å². The first-order valence-electron chi connectivity index (χ1n) is 5.54. The predicted octanol–water partition coefficient (Wildman–Crippen LogP) is -1.94. The first kappa shape index (κ1) is 17.6. The van der Waals surface area contributed by atoms with Crippen LogP contribution in [0.3, 0.4) is 0 Å². The Morgan fingerprint density at radius 1 is 1.32 bits per heavy atom. The molecular weight excluding hydrogens is 274 g/mol. The standard InChI is InChI=1S/C10H19N3O5S/c1-7(2)9(14)12-4-3-5-13-10(15)8(11)6-19(16,17)18/h8H,1,3-6,11H2,2H3,(H,12,14)(H,13,15)(H,16,17,18)/p-1. The minimum Gasteiger partial charge on any atom is -0.748 e. The fourth-order valence-electron chi connectivity index (χ4n) is 1.08. The maximum atomic E-state index is 11.3. The summed E-state index contributed by atoms with van der Waals surface area (Å²) in [5, 5.41) is 4.92. The highest BCUT2D eigenvalue weighted by Gasteiger charge is 2.15. The summed E-state index contributed by atoms with van der Waals surface area (Å²) in [5.41, 5.74) is 5.61. The molecule has 0 aromatic heterocycles. The van der Waals surface area contributed by atoms with E-state index in [-0.39, 0.29) is 12.5 Å².